The fourth-order valence-electron chi connectivity index (χ4n) is 2.04. The highest BCUT2D eigenvalue weighted by Crippen LogP contribution is 2.36. The molecule has 2 heterocycles. The van der Waals surface area contributed by atoms with E-state index in [0.29, 0.717) is 4.88 Å². The van der Waals surface area contributed by atoms with Crippen LogP contribution in [0.5, 0.6) is 0 Å². The number of anilines is 1. The van der Waals surface area contributed by atoms with E-state index in [1.54, 1.807) is 0 Å². The van der Waals surface area contributed by atoms with E-state index in [1.807, 2.05) is 45.1 Å². The van der Waals surface area contributed by atoms with Crippen LogP contribution in [0.3, 0.4) is 0 Å². The summed E-state index contributed by atoms with van der Waals surface area (Å²) >= 11 is 1.24. The molecule has 0 aliphatic heterocycles. The SMILES string of the molecule is Cc1ccc2c(N(C)CCN(C)C)c(C(=O)O)sc2n1. The number of carbonyl (C=O) groups is 1. The third-order valence-corrected chi connectivity index (χ3v) is 4.20. The number of aromatic nitrogens is 1. The van der Waals surface area contributed by atoms with Gasteiger partial charge in [-0.3, -0.25) is 0 Å². The van der Waals surface area contributed by atoms with Gasteiger partial charge in [-0.15, -0.1) is 11.3 Å². The fourth-order valence-corrected chi connectivity index (χ4v) is 3.15. The van der Waals surface area contributed by atoms with Crippen molar-refractivity contribution < 1.29 is 9.90 Å². The lowest BCUT2D eigenvalue weighted by Crippen LogP contribution is -2.29. The number of rotatable bonds is 5. The summed E-state index contributed by atoms with van der Waals surface area (Å²) in [4.78, 5) is 21.1. The first-order valence-electron chi connectivity index (χ1n) is 6.39. The minimum Gasteiger partial charge on any atom is -0.477 e. The average Bonchev–Trinajstić information content (AvgIpc) is 2.74. The van der Waals surface area contributed by atoms with Gasteiger partial charge in [0.1, 0.15) is 9.71 Å². The molecule has 0 atom stereocenters. The first-order valence-corrected chi connectivity index (χ1v) is 7.21. The molecule has 0 aromatic carbocycles. The number of likely N-dealkylation sites (N-methyl/N-ethyl adjacent to an activating group) is 2. The van der Waals surface area contributed by atoms with Gasteiger partial charge in [-0.05, 0) is 33.2 Å². The van der Waals surface area contributed by atoms with E-state index in [2.05, 4.69) is 9.88 Å². The number of carboxylic acid groups (broad SMARTS) is 1. The maximum Gasteiger partial charge on any atom is 0.348 e. The molecule has 0 saturated heterocycles. The van der Waals surface area contributed by atoms with Crippen LogP contribution >= 0.6 is 11.3 Å². The molecular formula is C14H19N3O2S. The number of nitrogens with zero attached hydrogens (tertiary/aromatic N) is 3. The van der Waals surface area contributed by atoms with Crippen LogP contribution in [-0.4, -0.2) is 55.2 Å². The zero-order valence-corrected chi connectivity index (χ0v) is 13.0. The second-order valence-electron chi connectivity index (χ2n) is 5.12. The molecule has 2 aromatic rings. The number of fused-ring (bicyclic) bond motifs is 1. The second kappa shape index (κ2) is 5.76. The highest BCUT2D eigenvalue weighted by molar-refractivity contribution is 7.21. The molecule has 0 spiro atoms. The van der Waals surface area contributed by atoms with Crippen LogP contribution in [0.25, 0.3) is 10.2 Å². The molecule has 0 amide bonds. The van der Waals surface area contributed by atoms with Crippen molar-refractivity contribution in [3.8, 4) is 0 Å². The van der Waals surface area contributed by atoms with Crippen molar-refractivity contribution in [2.24, 2.45) is 0 Å². The van der Waals surface area contributed by atoms with Gasteiger partial charge in [-0.1, -0.05) is 0 Å². The van der Waals surface area contributed by atoms with Crippen molar-refractivity contribution in [3.05, 3.63) is 22.7 Å². The molecule has 0 saturated carbocycles. The van der Waals surface area contributed by atoms with Gasteiger partial charge in [0.2, 0.25) is 0 Å². The van der Waals surface area contributed by atoms with Crippen molar-refractivity contribution in [1.82, 2.24) is 9.88 Å². The van der Waals surface area contributed by atoms with E-state index in [4.69, 9.17) is 0 Å². The topological polar surface area (TPSA) is 56.7 Å². The first-order chi connectivity index (χ1) is 9.40. The number of carboxylic acids is 1. The molecule has 6 heteroatoms. The van der Waals surface area contributed by atoms with E-state index < -0.39 is 5.97 Å². The Labute approximate surface area is 122 Å². The Bertz CT molecular complexity index is 637. The summed E-state index contributed by atoms with van der Waals surface area (Å²) in [5, 5.41) is 10.3. The van der Waals surface area contributed by atoms with E-state index >= 15 is 0 Å². The number of thiophene rings is 1. The first kappa shape index (κ1) is 14.7. The molecule has 0 bridgehead atoms. The van der Waals surface area contributed by atoms with Crippen molar-refractivity contribution in [3.63, 3.8) is 0 Å². The summed E-state index contributed by atoms with van der Waals surface area (Å²) in [6.07, 6.45) is 0. The van der Waals surface area contributed by atoms with E-state index in [0.717, 1.165) is 34.7 Å². The van der Waals surface area contributed by atoms with Gasteiger partial charge in [0.05, 0.1) is 5.69 Å². The van der Waals surface area contributed by atoms with Gasteiger partial charge < -0.3 is 14.9 Å². The molecule has 0 aliphatic carbocycles. The molecule has 108 valence electrons. The molecule has 2 rings (SSSR count). The predicted molar refractivity (Wildman–Crippen MR) is 83.1 cm³/mol. The van der Waals surface area contributed by atoms with Crippen LogP contribution in [0, 0.1) is 6.92 Å². The Hall–Kier alpha value is -1.66. The van der Waals surface area contributed by atoms with Crippen LogP contribution in [-0.2, 0) is 0 Å². The Kier molecular flexibility index (Phi) is 4.25. The molecule has 5 nitrogen and oxygen atoms in total. The summed E-state index contributed by atoms with van der Waals surface area (Å²) in [7, 11) is 5.93. The zero-order valence-electron chi connectivity index (χ0n) is 12.2. The Balaban J connectivity index is 2.48. The Morgan fingerprint density at radius 1 is 1.30 bits per heavy atom. The van der Waals surface area contributed by atoms with Crippen LogP contribution in [0.2, 0.25) is 0 Å². The van der Waals surface area contributed by atoms with Gasteiger partial charge in [-0.25, -0.2) is 9.78 Å². The summed E-state index contributed by atoms with van der Waals surface area (Å²) < 4.78 is 0. The third kappa shape index (κ3) is 2.91. The van der Waals surface area contributed by atoms with E-state index in [1.165, 1.54) is 11.3 Å². The zero-order chi connectivity index (χ0) is 14.9. The van der Waals surface area contributed by atoms with Crippen molar-refractivity contribution >= 4 is 33.2 Å². The highest BCUT2D eigenvalue weighted by Gasteiger charge is 2.21. The molecule has 1 N–H and O–H groups in total. The monoisotopic (exact) mass is 293 g/mol. The number of aromatic carboxylic acids is 1. The summed E-state index contributed by atoms with van der Waals surface area (Å²) in [5.74, 6) is -0.891. The second-order valence-corrected chi connectivity index (χ2v) is 6.11. The summed E-state index contributed by atoms with van der Waals surface area (Å²) in [6.45, 7) is 3.55. The van der Waals surface area contributed by atoms with Crippen LogP contribution < -0.4 is 4.90 Å². The minimum atomic E-state index is -0.891. The standard InChI is InChI=1S/C14H19N3O2S/c1-9-5-6-10-11(17(4)8-7-16(2)3)12(14(18)19)20-13(10)15-9/h5-6H,7-8H2,1-4H3,(H,18,19). The summed E-state index contributed by atoms with van der Waals surface area (Å²) in [6, 6.07) is 3.88. The molecule has 0 aliphatic rings. The number of pyridine rings is 1. The smallest absolute Gasteiger partial charge is 0.348 e. The lowest BCUT2D eigenvalue weighted by Gasteiger charge is -2.21. The number of hydrogen-bond acceptors (Lipinski definition) is 5. The Morgan fingerprint density at radius 2 is 2.00 bits per heavy atom. The average molecular weight is 293 g/mol. The van der Waals surface area contributed by atoms with E-state index in [-0.39, 0.29) is 0 Å². The Morgan fingerprint density at radius 3 is 2.60 bits per heavy atom. The highest BCUT2D eigenvalue weighted by atomic mass is 32.1. The minimum absolute atomic E-state index is 0.361. The molecule has 0 unspecified atom stereocenters. The van der Waals surface area contributed by atoms with Gasteiger partial charge in [-0.2, -0.15) is 0 Å². The van der Waals surface area contributed by atoms with Gasteiger partial charge in [0, 0.05) is 31.2 Å². The van der Waals surface area contributed by atoms with Crippen molar-refractivity contribution in [2.45, 2.75) is 6.92 Å². The molecule has 0 radical (unpaired) electrons. The van der Waals surface area contributed by atoms with Gasteiger partial charge in [0.25, 0.3) is 0 Å². The van der Waals surface area contributed by atoms with E-state index in [9.17, 15) is 9.90 Å². The fraction of sp³-hybridized carbons (Fsp3) is 0.429. The molecule has 2 aromatic heterocycles. The molecular weight excluding hydrogens is 274 g/mol. The molecule has 0 fully saturated rings. The molecule has 20 heavy (non-hydrogen) atoms. The lowest BCUT2D eigenvalue weighted by molar-refractivity contribution is 0.0703. The quantitative estimate of drug-likeness (QED) is 0.916. The van der Waals surface area contributed by atoms with Gasteiger partial charge >= 0.3 is 5.97 Å². The van der Waals surface area contributed by atoms with Crippen LogP contribution in [0.15, 0.2) is 12.1 Å². The predicted octanol–water partition coefficient (Wildman–Crippen LogP) is 2.30. The number of hydrogen-bond donors (Lipinski definition) is 1. The lowest BCUT2D eigenvalue weighted by atomic mass is 10.2. The van der Waals surface area contributed by atoms with Crippen molar-refractivity contribution in [1.29, 1.82) is 0 Å². The van der Waals surface area contributed by atoms with Crippen molar-refractivity contribution in [2.75, 3.05) is 39.1 Å². The summed E-state index contributed by atoms with van der Waals surface area (Å²) in [5.41, 5.74) is 1.67. The normalized spacial score (nSPS) is 11.2. The van der Waals surface area contributed by atoms with Crippen LogP contribution in [0.4, 0.5) is 5.69 Å². The van der Waals surface area contributed by atoms with Crippen LogP contribution in [0.1, 0.15) is 15.4 Å². The number of aryl methyl sites for hydroxylation is 1. The largest absolute Gasteiger partial charge is 0.477 e. The maximum atomic E-state index is 11.5. The van der Waals surface area contributed by atoms with Gasteiger partial charge in [0.15, 0.2) is 0 Å². The maximum absolute atomic E-state index is 11.5. The third-order valence-electron chi connectivity index (χ3n) is 3.13.